The fourth-order valence-corrected chi connectivity index (χ4v) is 2.30. The minimum absolute atomic E-state index is 0.113. The second-order valence-electron chi connectivity index (χ2n) is 4.91. The number of piperidine rings is 1. The first-order valence-corrected chi connectivity index (χ1v) is 6.64. The van der Waals surface area contributed by atoms with E-state index in [-0.39, 0.29) is 12.6 Å². The Hall–Kier alpha value is -0.330. The highest BCUT2D eigenvalue weighted by molar-refractivity contribution is 4.82. The van der Waals surface area contributed by atoms with E-state index in [4.69, 9.17) is 5.11 Å². The smallest absolute Gasteiger partial charge is 0.382 e. The lowest BCUT2D eigenvalue weighted by Gasteiger charge is -2.37. The van der Waals surface area contributed by atoms with Crippen LogP contribution in [0.4, 0.5) is 13.2 Å². The summed E-state index contributed by atoms with van der Waals surface area (Å²) in [5.74, 6) is 0. The molecule has 0 aromatic heterocycles. The highest BCUT2D eigenvalue weighted by Crippen LogP contribution is 2.24. The monoisotopic (exact) mass is 268 g/mol. The van der Waals surface area contributed by atoms with Gasteiger partial charge in [-0.15, -0.1) is 0 Å². The number of rotatable bonds is 6. The molecule has 1 aliphatic rings. The summed E-state index contributed by atoms with van der Waals surface area (Å²) < 4.78 is 37.0. The van der Waals surface area contributed by atoms with Crippen molar-refractivity contribution in [2.75, 3.05) is 26.2 Å². The van der Waals surface area contributed by atoms with E-state index < -0.39 is 12.3 Å². The number of alkyl halides is 3. The lowest BCUT2D eigenvalue weighted by Crippen LogP contribution is -2.51. The molecule has 0 aromatic carbocycles. The molecule has 1 rings (SSSR count). The zero-order chi connectivity index (χ0) is 13.6. The van der Waals surface area contributed by atoms with Crippen LogP contribution in [-0.2, 0) is 0 Å². The van der Waals surface area contributed by atoms with Gasteiger partial charge in [0.1, 0.15) is 0 Å². The van der Waals surface area contributed by atoms with Gasteiger partial charge in [-0.3, -0.25) is 4.90 Å². The second-order valence-corrected chi connectivity index (χ2v) is 4.91. The van der Waals surface area contributed by atoms with Gasteiger partial charge in [-0.25, -0.2) is 0 Å². The summed E-state index contributed by atoms with van der Waals surface area (Å²) in [6.45, 7) is 3.98. The number of hydrogen-bond donors (Lipinski definition) is 2. The highest BCUT2D eigenvalue weighted by Gasteiger charge is 2.40. The molecule has 1 heterocycles. The predicted molar refractivity (Wildman–Crippen MR) is 64.4 cm³/mol. The Morgan fingerprint density at radius 2 is 2.11 bits per heavy atom. The molecular formula is C12H23F3N2O. The van der Waals surface area contributed by atoms with E-state index in [2.05, 4.69) is 12.2 Å². The first kappa shape index (κ1) is 15.7. The molecule has 1 aliphatic heterocycles. The number of aliphatic hydroxyl groups excluding tert-OH is 1. The van der Waals surface area contributed by atoms with Gasteiger partial charge >= 0.3 is 6.18 Å². The third kappa shape index (κ3) is 5.12. The molecule has 0 saturated carbocycles. The number of β-amino-alcohol motifs (C(OH)–C–C–N with tert-alkyl or cyclic N) is 1. The molecule has 0 radical (unpaired) electrons. The van der Waals surface area contributed by atoms with Crippen molar-refractivity contribution in [2.45, 2.75) is 50.9 Å². The SMILES string of the molecule is CCCNCC1CCCCN1CC(O)C(F)(F)F. The number of halogens is 3. The lowest BCUT2D eigenvalue weighted by atomic mass is 10.0. The van der Waals surface area contributed by atoms with Gasteiger partial charge < -0.3 is 10.4 Å². The third-order valence-electron chi connectivity index (χ3n) is 3.34. The van der Waals surface area contributed by atoms with Crippen LogP contribution in [0.3, 0.4) is 0 Å². The maximum Gasteiger partial charge on any atom is 0.415 e. The zero-order valence-electron chi connectivity index (χ0n) is 10.8. The van der Waals surface area contributed by atoms with Crippen LogP contribution < -0.4 is 5.32 Å². The van der Waals surface area contributed by atoms with E-state index in [1.165, 1.54) is 0 Å². The molecule has 2 N–H and O–H groups in total. The fraction of sp³-hybridized carbons (Fsp3) is 1.00. The minimum atomic E-state index is -4.52. The van der Waals surface area contributed by atoms with Gasteiger partial charge in [0.15, 0.2) is 6.10 Å². The molecule has 0 bridgehead atoms. The van der Waals surface area contributed by atoms with E-state index in [0.29, 0.717) is 13.1 Å². The maximum atomic E-state index is 12.3. The van der Waals surface area contributed by atoms with Crippen molar-refractivity contribution in [3.05, 3.63) is 0 Å². The molecule has 1 fully saturated rings. The van der Waals surface area contributed by atoms with Gasteiger partial charge in [0, 0.05) is 19.1 Å². The molecule has 3 nitrogen and oxygen atoms in total. The Kier molecular flexibility index (Phi) is 6.38. The molecule has 0 spiro atoms. The average molecular weight is 268 g/mol. The summed E-state index contributed by atoms with van der Waals surface area (Å²) >= 11 is 0. The van der Waals surface area contributed by atoms with Gasteiger partial charge in [-0.1, -0.05) is 13.3 Å². The Labute approximate surface area is 106 Å². The number of nitrogens with zero attached hydrogens (tertiary/aromatic N) is 1. The summed E-state index contributed by atoms with van der Waals surface area (Å²) in [5.41, 5.74) is 0. The number of aliphatic hydroxyl groups is 1. The molecular weight excluding hydrogens is 245 g/mol. The fourth-order valence-electron chi connectivity index (χ4n) is 2.30. The first-order valence-electron chi connectivity index (χ1n) is 6.64. The van der Waals surface area contributed by atoms with Crippen molar-refractivity contribution < 1.29 is 18.3 Å². The van der Waals surface area contributed by atoms with Gasteiger partial charge in [0.05, 0.1) is 0 Å². The number of nitrogens with one attached hydrogen (secondary N) is 1. The van der Waals surface area contributed by atoms with E-state index in [1.807, 2.05) is 0 Å². The van der Waals surface area contributed by atoms with Crippen LogP contribution in [-0.4, -0.2) is 54.5 Å². The lowest BCUT2D eigenvalue weighted by molar-refractivity contribution is -0.210. The summed E-state index contributed by atoms with van der Waals surface area (Å²) in [4.78, 5) is 1.77. The molecule has 1 saturated heterocycles. The predicted octanol–water partition coefficient (Wildman–Crippen LogP) is 1.76. The van der Waals surface area contributed by atoms with Crippen molar-refractivity contribution in [1.29, 1.82) is 0 Å². The Morgan fingerprint density at radius 3 is 2.72 bits per heavy atom. The van der Waals surface area contributed by atoms with Crippen LogP contribution in [0, 0.1) is 0 Å². The van der Waals surface area contributed by atoms with Crippen molar-refractivity contribution in [3.63, 3.8) is 0 Å². The highest BCUT2D eigenvalue weighted by atomic mass is 19.4. The van der Waals surface area contributed by atoms with E-state index in [0.717, 1.165) is 32.2 Å². The molecule has 18 heavy (non-hydrogen) atoms. The van der Waals surface area contributed by atoms with Crippen molar-refractivity contribution in [1.82, 2.24) is 10.2 Å². The molecule has 2 unspecified atom stereocenters. The minimum Gasteiger partial charge on any atom is -0.382 e. The zero-order valence-corrected chi connectivity index (χ0v) is 10.8. The van der Waals surface area contributed by atoms with E-state index in [1.54, 1.807) is 4.90 Å². The van der Waals surface area contributed by atoms with Gasteiger partial charge in [0.25, 0.3) is 0 Å². The molecule has 108 valence electrons. The maximum absolute atomic E-state index is 12.3. The Morgan fingerprint density at radius 1 is 1.39 bits per heavy atom. The van der Waals surface area contributed by atoms with Crippen LogP contribution in [0.1, 0.15) is 32.6 Å². The molecule has 0 amide bonds. The molecule has 2 atom stereocenters. The van der Waals surface area contributed by atoms with Crippen LogP contribution in [0.2, 0.25) is 0 Å². The normalized spacial score (nSPS) is 24.2. The molecule has 0 aliphatic carbocycles. The topological polar surface area (TPSA) is 35.5 Å². The third-order valence-corrected chi connectivity index (χ3v) is 3.34. The van der Waals surface area contributed by atoms with Crippen LogP contribution in [0.25, 0.3) is 0 Å². The Bertz CT molecular complexity index is 236. The standard InChI is InChI=1S/C12H23F3N2O/c1-2-6-16-8-10-5-3-4-7-17(10)9-11(18)12(13,14)15/h10-11,16,18H,2-9H2,1H3. The van der Waals surface area contributed by atoms with Crippen LogP contribution >= 0.6 is 0 Å². The summed E-state index contributed by atoms with van der Waals surface area (Å²) in [5, 5.41) is 12.4. The quantitative estimate of drug-likeness (QED) is 0.721. The average Bonchev–Trinajstić information content (AvgIpc) is 2.30. The summed E-state index contributed by atoms with van der Waals surface area (Å²) in [6, 6.07) is 0.113. The van der Waals surface area contributed by atoms with Crippen molar-refractivity contribution in [2.24, 2.45) is 0 Å². The van der Waals surface area contributed by atoms with E-state index in [9.17, 15) is 13.2 Å². The molecule has 6 heteroatoms. The summed E-state index contributed by atoms with van der Waals surface area (Å²) in [6.07, 6.45) is -2.87. The second kappa shape index (κ2) is 7.31. The largest absolute Gasteiger partial charge is 0.415 e. The molecule has 0 aromatic rings. The number of likely N-dealkylation sites (tertiary alicyclic amines) is 1. The van der Waals surface area contributed by atoms with Crippen LogP contribution in [0.15, 0.2) is 0 Å². The first-order chi connectivity index (χ1) is 8.45. The van der Waals surface area contributed by atoms with E-state index >= 15 is 0 Å². The van der Waals surface area contributed by atoms with Gasteiger partial charge in [-0.05, 0) is 32.4 Å². The summed E-state index contributed by atoms with van der Waals surface area (Å²) in [7, 11) is 0. The van der Waals surface area contributed by atoms with Crippen molar-refractivity contribution in [3.8, 4) is 0 Å². The van der Waals surface area contributed by atoms with Gasteiger partial charge in [0.2, 0.25) is 0 Å². The van der Waals surface area contributed by atoms with Crippen LogP contribution in [0.5, 0.6) is 0 Å². The van der Waals surface area contributed by atoms with Gasteiger partial charge in [-0.2, -0.15) is 13.2 Å². The van der Waals surface area contributed by atoms with Crippen molar-refractivity contribution >= 4 is 0 Å². The number of hydrogen-bond acceptors (Lipinski definition) is 3. The Balaban J connectivity index is 2.43.